The number of rotatable bonds is 5. The lowest BCUT2D eigenvalue weighted by Crippen LogP contribution is -2.36. The predicted molar refractivity (Wildman–Crippen MR) is 81.6 cm³/mol. The highest BCUT2D eigenvalue weighted by Gasteiger charge is 2.54. The van der Waals surface area contributed by atoms with E-state index in [4.69, 9.17) is 23.7 Å². The van der Waals surface area contributed by atoms with Gasteiger partial charge in [-0.05, 0) is 0 Å². The second-order valence-corrected chi connectivity index (χ2v) is 6.09. The molecule has 138 valence electrons. The summed E-state index contributed by atoms with van der Waals surface area (Å²) in [5, 5.41) is 0. The van der Waals surface area contributed by atoms with Crippen LogP contribution in [0.2, 0.25) is 0 Å². The molecule has 1 aromatic heterocycles. The van der Waals surface area contributed by atoms with Crippen molar-refractivity contribution in [3.63, 3.8) is 0 Å². The first-order chi connectivity index (χ1) is 11.9. The van der Waals surface area contributed by atoms with Gasteiger partial charge in [0.05, 0.1) is 5.92 Å². The van der Waals surface area contributed by atoms with E-state index >= 15 is 0 Å². The maximum atomic E-state index is 12.0. The van der Waals surface area contributed by atoms with E-state index in [1.807, 2.05) is 0 Å². The van der Waals surface area contributed by atoms with Crippen LogP contribution in [0.5, 0.6) is 0 Å². The summed E-state index contributed by atoms with van der Waals surface area (Å²) >= 11 is 0. The highest BCUT2D eigenvalue weighted by atomic mass is 16.9. The molecule has 2 aliphatic heterocycles. The molecule has 1 aromatic rings. The molecule has 0 bridgehead atoms. The van der Waals surface area contributed by atoms with Crippen LogP contribution in [0, 0.1) is 5.92 Å². The third-order valence-electron chi connectivity index (χ3n) is 4.00. The van der Waals surface area contributed by atoms with Gasteiger partial charge in [0, 0.05) is 19.4 Å². The molecule has 2 aliphatic rings. The minimum absolute atomic E-state index is 0.0490. The third-order valence-corrected chi connectivity index (χ3v) is 4.00. The van der Waals surface area contributed by atoms with Gasteiger partial charge in [0.15, 0.2) is 6.23 Å². The van der Waals surface area contributed by atoms with E-state index in [0.29, 0.717) is 0 Å². The number of hydrogen-bond acceptors (Lipinski definition) is 8. The number of nitrogens with zero attached hydrogens (tertiary/aromatic N) is 1. The lowest BCUT2D eigenvalue weighted by molar-refractivity contribution is -0.257. The van der Waals surface area contributed by atoms with Crippen molar-refractivity contribution < 1.29 is 28.5 Å². The number of esters is 1. The zero-order chi connectivity index (χ0) is 18.1. The molecule has 0 aromatic carbocycles. The van der Waals surface area contributed by atoms with Gasteiger partial charge in [0.2, 0.25) is 0 Å². The third kappa shape index (κ3) is 3.52. The number of nitrogens with one attached hydrogen (secondary N) is 1. The van der Waals surface area contributed by atoms with Crippen LogP contribution in [0.15, 0.2) is 21.9 Å². The fourth-order valence-electron chi connectivity index (χ4n) is 2.73. The lowest BCUT2D eigenvalue weighted by Gasteiger charge is -2.20. The van der Waals surface area contributed by atoms with Crippen LogP contribution < -0.4 is 11.2 Å². The normalized spacial score (nSPS) is 31.3. The van der Waals surface area contributed by atoms with Gasteiger partial charge in [-0.3, -0.25) is 19.1 Å². The first-order valence-corrected chi connectivity index (χ1v) is 7.88. The van der Waals surface area contributed by atoms with E-state index in [1.165, 1.54) is 23.9 Å². The van der Waals surface area contributed by atoms with Crippen LogP contribution >= 0.6 is 0 Å². The monoisotopic (exact) mass is 356 g/mol. The average Bonchev–Trinajstić information content (AvgIpc) is 3.12. The SMILES string of the molecule is COC1O[C@@H]2[C@H](O1)[C@@H](COC(=O)C(C)C)O[C@H]2n1ccc(=O)[nH]c1=O. The Balaban J connectivity index is 1.81. The van der Waals surface area contributed by atoms with Crippen molar-refractivity contribution in [3.8, 4) is 0 Å². The fourth-order valence-corrected chi connectivity index (χ4v) is 2.73. The number of H-pyrrole nitrogens is 1. The van der Waals surface area contributed by atoms with Crippen molar-refractivity contribution in [3.05, 3.63) is 33.1 Å². The number of aromatic amines is 1. The molecule has 0 spiro atoms. The molecule has 2 fully saturated rings. The largest absolute Gasteiger partial charge is 0.463 e. The van der Waals surface area contributed by atoms with Crippen LogP contribution in [-0.2, 0) is 28.5 Å². The smallest absolute Gasteiger partial charge is 0.330 e. The Morgan fingerprint density at radius 3 is 2.64 bits per heavy atom. The first-order valence-electron chi connectivity index (χ1n) is 7.88. The van der Waals surface area contributed by atoms with Crippen molar-refractivity contribution in [2.45, 2.75) is 44.9 Å². The maximum Gasteiger partial charge on any atom is 0.330 e. The zero-order valence-corrected chi connectivity index (χ0v) is 14.0. The summed E-state index contributed by atoms with van der Waals surface area (Å²) in [5.41, 5.74) is -1.16. The molecule has 0 radical (unpaired) electrons. The molecule has 25 heavy (non-hydrogen) atoms. The molecule has 0 amide bonds. The van der Waals surface area contributed by atoms with Crippen molar-refractivity contribution in [1.82, 2.24) is 9.55 Å². The van der Waals surface area contributed by atoms with Gasteiger partial charge in [0.25, 0.3) is 12.0 Å². The van der Waals surface area contributed by atoms with Gasteiger partial charge >= 0.3 is 11.7 Å². The predicted octanol–water partition coefficient (Wildman–Crippen LogP) is -0.653. The molecule has 10 nitrogen and oxygen atoms in total. The fraction of sp³-hybridized carbons (Fsp3) is 0.667. The van der Waals surface area contributed by atoms with Crippen molar-refractivity contribution in [2.24, 2.45) is 5.92 Å². The summed E-state index contributed by atoms with van der Waals surface area (Å²) in [6.45, 7) is 2.48. The Morgan fingerprint density at radius 1 is 1.28 bits per heavy atom. The highest BCUT2D eigenvalue weighted by molar-refractivity contribution is 5.71. The van der Waals surface area contributed by atoms with Gasteiger partial charge in [-0.25, -0.2) is 4.79 Å². The summed E-state index contributed by atoms with van der Waals surface area (Å²) in [5.74, 6) is -0.644. The molecule has 3 rings (SSSR count). The van der Waals surface area contributed by atoms with Crippen molar-refractivity contribution in [2.75, 3.05) is 13.7 Å². The van der Waals surface area contributed by atoms with E-state index in [1.54, 1.807) is 13.8 Å². The lowest BCUT2D eigenvalue weighted by atomic mass is 10.1. The summed E-state index contributed by atoms with van der Waals surface area (Å²) in [4.78, 5) is 37.1. The number of hydrogen-bond donors (Lipinski definition) is 1. The van der Waals surface area contributed by atoms with Gasteiger partial charge in [0.1, 0.15) is 24.9 Å². The zero-order valence-electron chi connectivity index (χ0n) is 14.0. The maximum absolute atomic E-state index is 12.0. The quantitative estimate of drug-likeness (QED) is 0.691. The van der Waals surface area contributed by atoms with Gasteiger partial charge in [-0.1, -0.05) is 13.8 Å². The minimum atomic E-state index is -0.914. The Bertz CT molecular complexity index is 742. The van der Waals surface area contributed by atoms with Crippen LogP contribution in [0.1, 0.15) is 20.1 Å². The number of ether oxygens (including phenoxy) is 5. The minimum Gasteiger partial charge on any atom is -0.463 e. The molecule has 5 atom stereocenters. The summed E-state index contributed by atoms with van der Waals surface area (Å²) in [6.07, 6.45) is -1.42. The van der Waals surface area contributed by atoms with Crippen LogP contribution in [0.25, 0.3) is 0 Å². The van der Waals surface area contributed by atoms with Crippen LogP contribution in [0.3, 0.4) is 0 Å². The number of carbonyl (C=O) groups is 1. The standard InChI is InChI=1S/C15H20N2O8/c1-7(2)13(19)22-6-8-10-11(25-15(21-3)24-10)12(23-8)17-5-4-9(18)16-14(17)20/h4-5,7-8,10-12,15H,6H2,1-3H3,(H,16,18,20)/t8-,10-,11-,12-,15?/m1/s1. The van der Waals surface area contributed by atoms with Crippen molar-refractivity contribution >= 4 is 5.97 Å². The van der Waals surface area contributed by atoms with Crippen LogP contribution in [-0.4, -0.2) is 54.0 Å². The van der Waals surface area contributed by atoms with Gasteiger partial charge in [-0.2, -0.15) is 0 Å². The van der Waals surface area contributed by atoms with E-state index in [9.17, 15) is 14.4 Å². The molecule has 0 aliphatic carbocycles. The summed E-state index contributed by atoms with van der Waals surface area (Å²) < 4.78 is 28.5. The molecule has 3 heterocycles. The Hall–Kier alpha value is -2.01. The summed E-state index contributed by atoms with van der Waals surface area (Å²) in [6, 6.07) is 1.20. The van der Waals surface area contributed by atoms with Crippen LogP contribution in [0.4, 0.5) is 0 Å². The Labute approximate surface area is 142 Å². The number of fused-ring (bicyclic) bond motifs is 1. The molecular formula is C15H20N2O8. The van der Waals surface area contributed by atoms with E-state index in [0.717, 1.165) is 0 Å². The van der Waals surface area contributed by atoms with Gasteiger partial charge < -0.3 is 23.7 Å². The molecular weight excluding hydrogens is 336 g/mol. The molecule has 2 saturated heterocycles. The Kier molecular flexibility index (Phi) is 5.04. The van der Waals surface area contributed by atoms with E-state index in [2.05, 4.69) is 4.98 Å². The molecule has 0 saturated carbocycles. The number of methoxy groups -OCH3 is 1. The highest BCUT2D eigenvalue weighted by Crippen LogP contribution is 2.38. The molecule has 1 unspecified atom stereocenters. The number of aromatic nitrogens is 2. The second kappa shape index (κ2) is 7.08. The van der Waals surface area contributed by atoms with E-state index < -0.39 is 42.3 Å². The molecule has 10 heteroatoms. The second-order valence-electron chi connectivity index (χ2n) is 6.09. The van der Waals surface area contributed by atoms with E-state index in [-0.39, 0.29) is 18.5 Å². The number of carbonyl (C=O) groups excluding carboxylic acids is 1. The average molecular weight is 356 g/mol. The van der Waals surface area contributed by atoms with Crippen molar-refractivity contribution in [1.29, 1.82) is 0 Å². The first kappa shape index (κ1) is 17.8. The molecule has 1 N–H and O–H groups in total. The Morgan fingerprint density at radius 2 is 2.00 bits per heavy atom. The summed E-state index contributed by atoms with van der Waals surface area (Å²) in [7, 11) is 1.42. The van der Waals surface area contributed by atoms with Gasteiger partial charge in [-0.15, -0.1) is 0 Å². The topological polar surface area (TPSA) is 118 Å².